The molecule has 0 aliphatic carbocycles. The predicted molar refractivity (Wildman–Crippen MR) is 105 cm³/mol. The molecule has 0 aliphatic heterocycles. The van der Waals surface area contributed by atoms with Gasteiger partial charge in [-0.3, -0.25) is 9.48 Å². The quantitative estimate of drug-likeness (QED) is 0.522. The zero-order valence-corrected chi connectivity index (χ0v) is 15.7. The second kappa shape index (κ2) is 8.05. The Labute approximate surface area is 162 Å². The highest BCUT2D eigenvalue weighted by Crippen LogP contribution is 2.18. The van der Waals surface area contributed by atoms with Crippen LogP contribution in [0.3, 0.4) is 0 Å². The molecule has 0 fully saturated rings. The van der Waals surface area contributed by atoms with Gasteiger partial charge in [-0.25, -0.2) is 5.43 Å². The van der Waals surface area contributed by atoms with Gasteiger partial charge in [-0.2, -0.15) is 10.2 Å². The number of nitrogens with one attached hydrogen (secondary N) is 1. The van der Waals surface area contributed by atoms with E-state index >= 15 is 0 Å². The molecule has 0 aliphatic rings. The maximum atomic E-state index is 12.1. The topological polar surface area (TPSA) is 79.5 Å². The van der Waals surface area contributed by atoms with Gasteiger partial charge in [-0.05, 0) is 49.7 Å². The molecule has 27 heavy (non-hydrogen) atoms. The van der Waals surface area contributed by atoms with Crippen LogP contribution in [0.1, 0.15) is 32.9 Å². The average molecular weight is 383 g/mol. The van der Waals surface area contributed by atoms with Crippen LogP contribution in [0.4, 0.5) is 0 Å². The van der Waals surface area contributed by atoms with Crippen molar-refractivity contribution in [3.63, 3.8) is 0 Å². The lowest BCUT2D eigenvalue weighted by Crippen LogP contribution is -2.17. The molecule has 0 spiro atoms. The third-order valence-corrected chi connectivity index (χ3v) is 4.57. The van der Waals surface area contributed by atoms with Crippen LogP contribution < -0.4 is 5.43 Å². The fraction of sp³-hybridized carbons (Fsp3) is 0.150. The molecule has 0 bridgehead atoms. The van der Waals surface area contributed by atoms with Crippen LogP contribution >= 0.6 is 11.6 Å². The number of phenols is 1. The standard InChI is InChI=1S/C20H19ClN4O2/c1-13-18(11-22-23-20(27)15-7-9-17(26)10-8-15)14(2)25(24-13)12-16-5-3-4-6-19(16)21/h3-11,26H,12H2,1-2H3,(H,23,27)/b22-11-. The number of hydrogen-bond donors (Lipinski definition) is 2. The summed E-state index contributed by atoms with van der Waals surface area (Å²) in [7, 11) is 0. The number of hydrazone groups is 1. The largest absolute Gasteiger partial charge is 0.508 e. The van der Waals surface area contributed by atoms with Crippen molar-refractivity contribution < 1.29 is 9.90 Å². The Morgan fingerprint density at radius 1 is 1.22 bits per heavy atom. The number of aromatic hydroxyl groups is 1. The van der Waals surface area contributed by atoms with E-state index in [-0.39, 0.29) is 11.7 Å². The molecule has 3 aromatic rings. The molecule has 3 rings (SSSR count). The first-order valence-corrected chi connectivity index (χ1v) is 8.73. The van der Waals surface area contributed by atoms with E-state index in [4.69, 9.17) is 11.6 Å². The normalized spacial score (nSPS) is 11.1. The van der Waals surface area contributed by atoms with Crippen molar-refractivity contribution in [2.24, 2.45) is 5.10 Å². The monoisotopic (exact) mass is 382 g/mol. The first kappa shape index (κ1) is 18.7. The number of halogens is 1. The van der Waals surface area contributed by atoms with E-state index in [2.05, 4.69) is 15.6 Å². The van der Waals surface area contributed by atoms with E-state index in [1.165, 1.54) is 24.3 Å². The highest BCUT2D eigenvalue weighted by atomic mass is 35.5. The Bertz CT molecular complexity index is 994. The van der Waals surface area contributed by atoms with Crippen molar-refractivity contribution in [1.82, 2.24) is 15.2 Å². The molecule has 2 N–H and O–H groups in total. The summed E-state index contributed by atoms with van der Waals surface area (Å²) >= 11 is 6.23. The second-order valence-electron chi connectivity index (χ2n) is 6.08. The summed E-state index contributed by atoms with van der Waals surface area (Å²) in [6.07, 6.45) is 1.58. The molecule has 2 aromatic carbocycles. The minimum absolute atomic E-state index is 0.104. The van der Waals surface area contributed by atoms with Crippen molar-refractivity contribution in [1.29, 1.82) is 0 Å². The molecule has 0 saturated heterocycles. The van der Waals surface area contributed by atoms with Crippen LogP contribution in [0, 0.1) is 13.8 Å². The van der Waals surface area contributed by atoms with Gasteiger partial charge in [0.15, 0.2) is 0 Å². The zero-order valence-electron chi connectivity index (χ0n) is 15.0. The molecule has 138 valence electrons. The lowest BCUT2D eigenvalue weighted by atomic mass is 10.2. The van der Waals surface area contributed by atoms with Gasteiger partial charge < -0.3 is 5.11 Å². The van der Waals surface area contributed by atoms with Crippen LogP contribution in [-0.2, 0) is 6.54 Å². The summed E-state index contributed by atoms with van der Waals surface area (Å²) in [5.41, 5.74) is 6.44. The van der Waals surface area contributed by atoms with Crippen LogP contribution in [0.15, 0.2) is 53.6 Å². The summed E-state index contributed by atoms with van der Waals surface area (Å²) in [4.78, 5) is 12.1. The Morgan fingerprint density at radius 2 is 1.93 bits per heavy atom. The van der Waals surface area contributed by atoms with Crippen molar-refractivity contribution in [2.75, 3.05) is 0 Å². The molecule has 0 radical (unpaired) electrons. The van der Waals surface area contributed by atoms with Gasteiger partial charge >= 0.3 is 0 Å². The number of rotatable bonds is 5. The van der Waals surface area contributed by atoms with E-state index in [0.29, 0.717) is 17.1 Å². The number of phenolic OH excluding ortho intramolecular Hbond substituents is 1. The lowest BCUT2D eigenvalue weighted by Gasteiger charge is -2.06. The fourth-order valence-electron chi connectivity index (χ4n) is 2.67. The van der Waals surface area contributed by atoms with E-state index in [1.807, 2.05) is 42.8 Å². The summed E-state index contributed by atoms with van der Waals surface area (Å²) < 4.78 is 1.86. The first-order valence-electron chi connectivity index (χ1n) is 8.35. The van der Waals surface area contributed by atoms with Crippen molar-refractivity contribution in [2.45, 2.75) is 20.4 Å². The number of benzene rings is 2. The van der Waals surface area contributed by atoms with Crippen LogP contribution in [0.5, 0.6) is 5.75 Å². The third kappa shape index (κ3) is 4.35. The molecular formula is C20H19ClN4O2. The van der Waals surface area contributed by atoms with Crippen molar-refractivity contribution in [3.8, 4) is 5.75 Å². The van der Waals surface area contributed by atoms with Gasteiger partial charge in [-0.15, -0.1) is 0 Å². The first-order chi connectivity index (χ1) is 13.0. The number of nitrogens with zero attached hydrogens (tertiary/aromatic N) is 3. The second-order valence-corrected chi connectivity index (χ2v) is 6.49. The lowest BCUT2D eigenvalue weighted by molar-refractivity contribution is 0.0955. The number of amides is 1. The van der Waals surface area contributed by atoms with Gasteiger partial charge in [0.1, 0.15) is 5.75 Å². The zero-order chi connectivity index (χ0) is 19.4. The molecule has 0 saturated carbocycles. The van der Waals surface area contributed by atoms with Crippen LogP contribution in [0.25, 0.3) is 0 Å². The summed E-state index contributed by atoms with van der Waals surface area (Å²) in [6, 6.07) is 13.6. The SMILES string of the molecule is Cc1nn(Cc2ccccc2Cl)c(C)c1/C=N\NC(=O)c1ccc(O)cc1. The highest BCUT2D eigenvalue weighted by Gasteiger charge is 2.11. The van der Waals surface area contributed by atoms with Crippen LogP contribution in [-0.4, -0.2) is 27.0 Å². The van der Waals surface area contributed by atoms with E-state index < -0.39 is 0 Å². The Hall–Kier alpha value is -3.12. The number of aromatic nitrogens is 2. The molecule has 7 heteroatoms. The maximum absolute atomic E-state index is 12.1. The molecule has 1 aromatic heterocycles. The third-order valence-electron chi connectivity index (χ3n) is 4.20. The summed E-state index contributed by atoms with van der Waals surface area (Å²) in [5, 5.41) is 18.5. The number of carbonyl (C=O) groups is 1. The number of aryl methyl sites for hydroxylation is 1. The van der Waals surface area contributed by atoms with Crippen molar-refractivity contribution >= 4 is 23.7 Å². The van der Waals surface area contributed by atoms with Gasteiger partial charge in [0.25, 0.3) is 5.91 Å². The fourth-order valence-corrected chi connectivity index (χ4v) is 2.87. The average Bonchev–Trinajstić information content (AvgIpc) is 2.91. The molecule has 0 unspecified atom stereocenters. The van der Waals surface area contributed by atoms with Gasteiger partial charge in [0.05, 0.1) is 18.5 Å². The van der Waals surface area contributed by atoms with E-state index in [9.17, 15) is 9.90 Å². The number of carbonyl (C=O) groups excluding carboxylic acids is 1. The molecule has 1 heterocycles. The Balaban J connectivity index is 1.72. The molecular weight excluding hydrogens is 364 g/mol. The smallest absolute Gasteiger partial charge is 0.271 e. The predicted octanol–water partition coefficient (Wildman–Crippen LogP) is 3.67. The molecule has 1 amide bonds. The number of hydrogen-bond acceptors (Lipinski definition) is 4. The van der Waals surface area contributed by atoms with Crippen molar-refractivity contribution in [3.05, 3.63) is 81.6 Å². The van der Waals surface area contributed by atoms with E-state index in [0.717, 1.165) is 22.5 Å². The van der Waals surface area contributed by atoms with Crippen LogP contribution in [0.2, 0.25) is 5.02 Å². The Morgan fingerprint density at radius 3 is 2.63 bits per heavy atom. The Kier molecular flexibility index (Phi) is 5.57. The van der Waals surface area contributed by atoms with Gasteiger partial charge in [-0.1, -0.05) is 29.8 Å². The van der Waals surface area contributed by atoms with E-state index in [1.54, 1.807) is 6.21 Å². The maximum Gasteiger partial charge on any atom is 0.271 e. The summed E-state index contributed by atoms with van der Waals surface area (Å²) in [6.45, 7) is 4.39. The highest BCUT2D eigenvalue weighted by molar-refractivity contribution is 6.31. The minimum atomic E-state index is -0.356. The molecule has 6 nitrogen and oxygen atoms in total. The van der Waals surface area contributed by atoms with Gasteiger partial charge in [0.2, 0.25) is 0 Å². The molecule has 0 atom stereocenters. The summed E-state index contributed by atoms with van der Waals surface area (Å²) in [5.74, 6) is -0.253. The van der Waals surface area contributed by atoms with Gasteiger partial charge in [0, 0.05) is 21.8 Å². The minimum Gasteiger partial charge on any atom is -0.508 e.